The lowest BCUT2D eigenvalue weighted by atomic mass is 10.2. The van der Waals surface area contributed by atoms with Crippen molar-refractivity contribution in [3.05, 3.63) is 42.1 Å². The zero-order valence-corrected chi connectivity index (χ0v) is 7.86. The van der Waals surface area contributed by atoms with Gasteiger partial charge in [0.15, 0.2) is 0 Å². The van der Waals surface area contributed by atoms with Crippen LogP contribution in [-0.4, -0.2) is 6.61 Å². The van der Waals surface area contributed by atoms with Crippen molar-refractivity contribution in [2.45, 2.75) is 13.3 Å². The van der Waals surface area contributed by atoms with E-state index in [-0.39, 0.29) is 0 Å². The minimum atomic E-state index is 0.735. The summed E-state index contributed by atoms with van der Waals surface area (Å²) in [6.07, 6.45) is 4.78. The van der Waals surface area contributed by atoms with Gasteiger partial charge < -0.3 is 0 Å². The summed E-state index contributed by atoms with van der Waals surface area (Å²) in [6.45, 7) is 2.81. The molecule has 0 unspecified atom stereocenters. The van der Waals surface area contributed by atoms with E-state index in [2.05, 4.69) is 12.4 Å². The molecule has 0 saturated heterocycles. The Bertz CT molecular complexity index is 244. The normalized spacial score (nSPS) is 10.5. The summed E-state index contributed by atoms with van der Waals surface area (Å²) in [5.41, 5.74) is 3.92. The third-order valence-corrected chi connectivity index (χ3v) is 1.53. The molecule has 13 heavy (non-hydrogen) atoms. The van der Waals surface area contributed by atoms with Crippen LogP contribution >= 0.6 is 0 Å². The zero-order chi connectivity index (χ0) is 9.36. The molecule has 0 spiro atoms. The number of hydroxylamine groups is 1. The van der Waals surface area contributed by atoms with E-state index in [1.165, 1.54) is 0 Å². The predicted octanol–water partition coefficient (Wildman–Crippen LogP) is 2.59. The first-order chi connectivity index (χ1) is 6.43. The van der Waals surface area contributed by atoms with Crippen LogP contribution in [0, 0.1) is 0 Å². The van der Waals surface area contributed by atoms with Crippen LogP contribution in [0.25, 0.3) is 6.08 Å². The van der Waals surface area contributed by atoms with Gasteiger partial charge in [-0.1, -0.05) is 37.3 Å². The maximum Gasteiger partial charge on any atom is 0.0743 e. The lowest BCUT2D eigenvalue weighted by molar-refractivity contribution is 0.0724. The van der Waals surface area contributed by atoms with Crippen molar-refractivity contribution in [1.82, 2.24) is 5.48 Å². The highest BCUT2D eigenvalue weighted by Crippen LogP contribution is 1.99. The molecule has 0 aliphatic rings. The molecule has 0 aromatic heterocycles. The molecule has 2 heteroatoms. The first-order valence-electron chi connectivity index (χ1n) is 4.52. The summed E-state index contributed by atoms with van der Waals surface area (Å²) in [6, 6.07) is 10.1. The summed E-state index contributed by atoms with van der Waals surface area (Å²) in [7, 11) is 0. The maximum atomic E-state index is 5.07. The minimum absolute atomic E-state index is 0.735. The van der Waals surface area contributed by atoms with Crippen LogP contribution in [0.2, 0.25) is 0 Å². The molecule has 70 valence electrons. The first-order valence-corrected chi connectivity index (χ1v) is 4.52. The SMILES string of the molecule is CCCON/C=C/c1ccccc1. The fourth-order valence-corrected chi connectivity index (χ4v) is 0.903. The fourth-order valence-electron chi connectivity index (χ4n) is 0.903. The summed E-state index contributed by atoms with van der Waals surface area (Å²) in [4.78, 5) is 5.07. The van der Waals surface area contributed by atoms with Gasteiger partial charge in [0.25, 0.3) is 0 Å². The highest BCUT2D eigenvalue weighted by atomic mass is 16.6. The molecular formula is C11H15NO. The van der Waals surface area contributed by atoms with Crippen molar-refractivity contribution in [3.8, 4) is 0 Å². The van der Waals surface area contributed by atoms with Gasteiger partial charge in [0, 0.05) is 6.20 Å². The Morgan fingerprint density at radius 2 is 2.08 bits per heavy atom. The third-order valence-electron chi connectivity index (χ3n) is 1.53. The minimum Gasteiger partial charge on any atom is -0.277 e. The van der Waals surface area contributed by atoms with Crippen molar-refractivity contribution in [1.29, 1.82) is 0 Å². The lowest BCUT2D eigenvalue weighted by Crippen LogP contribution is -2.06. The molecule has 1 N–H and O–H groups in total. The quantitative estimate of drug-likeness (QED) is 0.551. The number of hydrogen-bond donors (Lipinski definition) is 1. The molecule has 1 aromatic rings. The standard InChI is InChI=1S/C11H15NO/c1-2-10-13-12-9-8-11-6-4-3-5-7-11/h3-9,12H,2,10H2,1H3/b9-8+. The maximum absolute atomic E-state index is 5.07. The van der Waals surface area contributed by atoms with Crippen LogP contribution in [0.5, 0.6) is 0 Å². The molecule has 0 radical (unpaired) electrons. The van der Waals surface area contributed by atoms with Crippen molar-refractivity contribution < 1.29 is 4.84 Å². The van der Waals surface area contributed by atoms with Crippen LogP contribution in [0.4, 0.5) is 0 Å². The van der Waals surface area contributed by atoms with Gasteiger partial charge in [0.05, 0.1) is 6.61 Å². The van der Waals surface area contributed by atoms with E-state index in [1.54, 1.807) is 6.20 Å². The van der Waals surface area contributed by atoms with E-state index in [9.17, 15) is 0 Å². The van der Waals surface area contributed by atoms with Crippen LogP contribution in [0.15, 0.2) is 36.5 Å². The fraction of sp³-hybridized carbons (Fsp3) is 0.273. The highest BCUT2D eigenvalue weighted by molar-refractivity contribution is 5.47. The van der Waals surface area contributed by atoms with E-state index in [0.717, 1.165) is 18.6 Å². The molecule has 2 nitrogen and oxygen atoms in total. The molecule has 0 aliphatic carbocycles. The molecule has 0 amide bonds. The van der Waals surface area contributed by atoms with Crippen molar-refractivity contribution >= 4 is 6.08 Å². The molecule has 1 aromatic carbocycles. The van der Waals surface area contributed by atoms with Gasteiger partial charge >= 0.3 is 0 Å². The van der Waals surface area contributed by atoms with E-state index in [4.69, 9.17) is 4.84 Å². The molecular weight excluding hydrogens is 162 g/mol. The predicted molar refractivity (Wildman–Crippen MR) is 54.9 cm³/mol. The Balaban J connectivity index is 2.25. The van der Waals surface area contributed by atoms with E-state index >= 15 is 0 Å². The van der Waals surface area contributed by atoms with Crippen LogP contribution in [0.1, 0.15) is 18.9 Å². The van der Waals surface area contributed by atoms with Gasteiger partial charge in [0.2, 0.25) is 0 Å². The third kappa shape index (κ3) is 4.33. The van der Waals surface area contributed by atoms with E-state index in [1.807, 2.05) is 36.4 Å². The second-order valence-electron chi connectivity index (χ2n) is 2.71. The van der Waals surface area contributed by atoms with Gasteiger partial charge in [-0.05, 0) is 18.1 Å². The molecule has 0 fully saturated rings. The Morgan fingerprint density at radius 1 is 1.31 bits per heavy atom. The van der Waals surface area contributed by atoms with Gasteiger partial charge in [-0.25, -0.2) is 0 Å². The molecule has 0 atom stereocenters. The molecule has 0 saturated carbocycles. The molecule has 0 aliphatic heterocycles. The van der Waals surface area contributed by atoms with E-state index < -0.39 is 0 Å². The monoisotopic (exact) mass is 177 g/mol. The van der Waals surface area contributed by atoms with Crippen LogP contribution < -0.4 is 5.48 Å². The second kappa shape index (κ2) is 6.26. The summed E-state index contributed by atoms with van der Waals surface area (Å²) >= 11 is 0. The van der Waals surface area contributed by atoms with Gasteiger partial charge in [0.1, 0.15) is 0 Å². The van der Waals surface area contributed by atoms with Crippen molar-refractivity contribution in [2.75, 3.05) is 6.61 Å². The Morgan fingerprint density at radius 3 is 2.77 bits per heavy atom. The van der Waals surface area contributed by atoms with Gasteiger partial charge in [-0.2, -0.15) is 0 Å². The summed E-state index contributed by atoms with van der Waals surface area (Å²) in [5, 5.41) is 0. The van der Waals surface area contributed by atoms with Crippen LogP contribution in [-0.2, 0) is 4.84 Å². The lowest BCUT2D eigenvalue weighted by Gasteiger charge is -1.98. The van der Waals surface area contributed by atoms with Crippen molar-refractivity contribution in [3.63, 3.8) is 0 Å². The Kier molecular flexibility index (Phi) is 4.72. The summed E-state index contributed by atoms with van der Waals surface area (Å²) < 4.78 is 0. The zero-order valence-electron chi connectivity index (χ0n) is 7.86. The first kappa shape index (κ1) is 9.81. The smallest absolute Gasteiger partial charge is 0.0743 e. The Labute approximate surface area is 79.2 Å². The number of hydrogen-bond acceptors (Lipinski definition) is 2. The van der Waals surface area contributed by atoms with Gasteiger partial charge in [-0.3, -0.25) is 10.3 Å². The Hall–Kier alpha value is -1.28. The van der Waals surface area contributed by atoms with Crippen LogP contribution in [0.3, 0.4) is 0 Å². The molecule has 0 bridgehead atoms. The second-order valence-corrected chi connectivity index (χ2v) is 2.71. The topological polar surface area (TPSA) is 21.3 Å². The molecule has 0 heterocycles. The number of benzene rings is 1. The largest absolute Gasteiger partial charge is 0.277 e. The number of nitrogens with one attached hydrogen (secondary N) is 1. The highest BCUT2D eigenvalue weighted by Gasteiger charge is 1.81. The van der Waals surface area contributed by atoms with Gasteiger partial charge in [-0.15, -0.1) is 0 Å². The average molecular weight is 177 g/mol. The summed E-state index contributed by atoms with van der Waals surface area (Å²) in [5.74, 6) is 0. The van der Waals surface area contributed by atoms with Crippen molar-refractivity contribution in [2.24, 2.45) is 0 Å². The molecule has 1 rings (SSSR count). The number of rotatable bonds is 5. The van der Waals surface area contributed by atoms with E-state index in [0.29, 0.717) is 0 Å². The average Bonchev–Trinajstić information content (AvgIpc) is 2.19.